The van der Waals surface area contributed by atoms with Gasteiger partial charge in [-0.15, -0.1) is 0 Å². The Morgan fingerprint density at radius 2 is 1.80 bits per heavy atom. The average Bonchev–Trinajstić information content (AvgIpc) is 2.59. The second kappa shape index (κ2) is 7.57. The lowest BCUT2D eigenvalue weighted by atomic mass is 10.2. The number of likely N-dealkylation sites (N-methyl/N-ethyl adjacent to an activating group) is 1. The molecule has 1 amide bonds. The predicted octanol–water partition coefficient (Wildman–Crippen LogP) is 2.04. The normalized spacial score (nSPS) is 15.2. The molecule has 0 atom stereocenters. The highest BCUT2D eigenvalue weighted by Crippen LogP contribution is 2.15. The number of anilines is 1. The molecule has 2 heterocycles. The Morgan fingerprint density at radius 3 is 2.48 bits per heavy atom. The van der Waals surface area contributed by atoms with Crippen molar-refractivity contribution in [1.29, 1.82) is 0 Å². The van der Waals surface area contributed by atoms with Crippen LogP contribution in [0.3, 0.4) is 0 Å². The molecule has 132 valence electrons. The van der Waals surface area contributed by atoms with Gasteiger partial charge in [-0.2, -0.15) is 0 Å². The molecule has 1 aliphatic heterocycles. The first-order valence-electron chi connectivity index (χ1n) is 8.14. The molecule has 1 saturated heterocycles. The minimum absolute atomic E-state index is 0.0552. The Bertz CT molecular complexity index is 740. The molecule has 1 fully saturated rings. The SMILES string of the molecule is CN1CCN(c2cc(C(=O)NCc3cc(F)cc(F)c3)ccn2)CC1. The third kappa shape index (κ3) is 4.51. The second-order valence-electron chi connectivity index (χ2n) is 6.15. The van der Waals surface area contributed by atoms with E-state index in [-0.39, 0.29) is 12.5 Å². The molecule has 3 rings (SSSR count). The van der Waals surface area contributed by atoms with Crippen molar-refractivity contribution in [1.82, 2.24) is 15.2 Å². The molecule has 25 heavy (non-hydrogen) atoms. The van der Waals surface area contributed by atoms with Gasteiger partial charge in [-0.3, -0.25) is 4.79 Å². The predicted molar refractivity (Wildman–Crippen MR) is 91.5 cm³/mol. The van der Waals surface area contributed by atoms with Gasteiger partial charge in [0.05, 0.1) is 0 Å². The molecule has 1 aliphatic rings. The van der Waals surface area contributed by atoms with Crippen LogP contribution in [0.25, 0.3) is 0 Å². The maximum absolute atomic E-state index is 13.2. The third-order valence-corrected chi connectivity index (χ3v) is 4.21. The highest BCUT2D eigenvalue weighted by Gasteiger charge is 2.16. The number of piperazine rings is 1. The second-order valence-corrected chi connectivity index (χ2v) is 6.15. The van der Waals surface area contributed by atoms with Gasteiger partial charge >= 0.3 is 0 Å². The van der Waals surface area contributed by atoms with Crippen molar-refractivity contribution in [2.75, 3.05) is 38.1 Å². The van der Waals surface area contributed by atoms with E-state index in [2.05, 4.69) is 27.1 Å². The lowest BCUT2D eigenvalue weighted by Crippen LogP contribution is -2.44. The van der Waals surface area contributed by atoms with Crippen LogP contribution in [0.5, 0.6) is 0 Å². The number of nitrogens with one attached hydrogen (secondary N) is 1. The van der Waals surface area contributed by atoms with Crippen molar-refractivity contribution >= 4 is 11.7 Å². The minimum Gasteiger partial charge on any atom is -0.354 e. The van der Waals surface area contributed by atoms with Gasteiger partial charge in [0.15, 0.2) is 0 Å². The van der Waals surface area contributed by atoms with E-state index >= 15 is 0 Å². The topological polar surface area (TPSA) is 48.5 Å². The number of rotatable bonds is 4. The molecule has 7 heteroatoms. The maximum atomic E-state index is 13.2. The van der Waals surface area contributed by atoms with E-state index in [0.29, 0.717) is 11.1 Å². The molecule has 1 aromatic carbocycles. The highest BCUT2D eigenvalue weighted by molar-refractivity contribution is 5.94. The quantitative estimate of drug-likeness (QED) is 0.920. The first kappa shape index (κ1) is 17.3. The van der Waals surface area contributed by atoms with Crippen molar-refractivity contribution < 1.29 is 13.6 Å². The number of aromatic nitrogens is 1. The molecule has 0 bridgehead atoms. The van der Waals surface area contributed by atoms with Gasteiger partial charge in [0, 0.05) is 50.6 Å². The maximum Gasteiger partial charge on any atom is 0.251 e. The molecule has 0 aliphatic carbocycles. The van der Waals surface area contributed by atoms with E-state index in [0.717, 1.165) is 38.1 Å². The van der Waals surface area contributed by atoms with Crippen molar-refractivity contribution in [3.63, 3.8) is 0 Å². The van der Waals surface area contributed by atoms with E-state index in [9.17, 15) is 13.6 Å². The lowest BCUT2D eigenvalue weighted by Gasteiger charge is -2.33. The van der Waals surface area contributed by atoms with Gasteiger partial charge < -0.3 is 15.1 Å². The van der Waals surface area contributed by atoms with E-state index in [1.165, 1.54) is 12.1 Å². The fourth-order valence-corrected chi connectivity index (χ4v) is 2.77. The summed E-state index contributed by atoms with van der Waals surface area (Å²) in [5.41, 5.74) is 0.847. The van der Waals surface area contributed by atoms with Crippen molar-refractivity contribution in [3.8, 4) is 0 Å². The van der Waals surface area contributed by atoms with E-state index in [4.69, 9.17) is 0 Å². The zero-order chi connectivity index (χ0) is 17.8. The number of halogens is 2. The molecule has 0 spiro atoms. The first-order chi connectivity index (χ1) is 12.0. The Kier molecular flexibility index (Phi) is 5.23. The van der Waals surface area contributed by atoms with E-state index < -0.39 is 11.6 Å². The molecule has 1 aromatic heterocycles. The highest BCUT2D eigenvalue weighted by atomic mass is 19.1. The largest absolute Gasteiger partial charge is 0.354 e. The zero-order valence-electron chi connectivity index (χ0n) is 14.0. The summed E-state index contributed by atoms with van der Waals surface area (Å²) in [4.78, 5) is 21.0. The molecule has 0 radical (unpaired) electrons. The summed E-state index contributed by atoms with van der Waals surface area (Å²) in [5.74, 6) is -0.865. The van der Waals surface area contributed by atoms with Crippen LogP contribution >= 0.6 is 0 Å². The fourth-order valence-electron chi connectivity index (χ4n) is 2.77. The fraction of sp³-hybridized carbons (Fsp3) is 0.333. The summed E-state index contributed by atoms with van der Waals surface area (Å²) in [7, 11) is 2.07. The first-order valence-corrected chi connectivity index (χ1v) is 8.14. The third-order valence-electron chi connectivity index (χ3n) is 4.21. The Balaban J connectivity index is 1.65. The van der Waals surface area contributed by atoms with Gasteiger partial charge in [0.2, 0.25) is 0 Å². The molecule has 2 aromatic rings. The van der Waals surface area contributed by atoms with Crippen LogP contribution in [-0.2, 0) is 6.54 Å². The standard InChI is InChI=1S/C18H20F2N4O/c1-23-4-6-24(7-5-23)17-10-14(2-3-21-17)18(25)22-12-13-8-15(19)11-16(20)9-13/h2-3,8-11H,4-7,12H2,1H3,(H,22,25). The number of hydrogen-bond donors (Lipinski definition) is 1. The van der Waals surface area contributed by atoms with Crippen molar-refractivity contribution in [2.45, 2.75) is 6.54 Å². The van der Waals surface area contributed by atoms with Crippen LogP contribution in [-0.4, -0.2) is 49.0 Å². The van der Waals surface area contributed by atoms with Crippen molar-refractivity contribution in [2.24, 2.45) is 0 Å². The van der Waals surface area contributed by atoms with Crippen molar-refractivity contribution in [3.05, 3.63) is 59.3 Å². The van der Waals surface area contributed by atoms with Crippen LogP contribution in [0.15, 0.2) is 36.5 Å². The molecule has 0 unspecified atom stereocenters. The number of hydrogen-bond acceptors (Lipinski definition) is 4. The smallest absolute Gasteiger partial charge is 0.251 e. The Hall–Kier alpha value is -2.54. The number of benzene rings is 1. The van der Waals surface area contributed by atoms with Gasteiger partial charge in [0.1, 0.15) is 17.5 Å². The average molecular weight is 346 g/mol. The summed E-state index contributed by atoms with van der Waals surface area (Å²) in [6, 6.07) is 6.57. The summed E-state index contributed by atoms with van der Waals surface area (Å²) in [6.45, 7) is 3.67. The van der Waals surface area contributed by atoms with Crippen LogP contribution in [0.4, 0.5) is 14.6 Å². The minimum atomic E-state index is -0.662. The number of pyridine rings is 1. The zero-order valence-corrected chi connectivity index (χ0v) is 14.0. The number of carbonyl (C=O) groups excluding carboxylic acids is 1. The van der Waals surface area contributed by atoms with Crippen LogP contribution in [0.1, 0.15) is 15.9 Å². The monoisotopic (exact) mass is 346 g/mol. The van der Waals surface area contributed by atoms with Gasteiger partial charge in [-0.1, -0.05) is 0 Å². The summed E-state index contributed by atoms with van der Waals surface area (Å²) in [6.07, 6.45) is 1.60. The van der Waals surface area contributed by atoms with Gasteiger partial charge in [0.25, 0.3) is 5.91 Å². The molecule has 5 nitrogen and oxygen atoms in total. The number of nitrogens with zero attached hydrogens (tertiary/aromatic N) is 3. The van der Waals surface area contributed by atoms with Crippen LogP contribution in [0.2, 0.25) is 0 Å². The van der Waals surface area contributed by atoms with Crippen LogP contribution in [0, 0.1) is 11.6 Å². The summed E-state index contributed by atoms with van der Waals surface area (Å²) < 4.78 is 26.4. The summed E-state index contributed by atoms with van der Waals surface area (Å²) in [5, 5.41) is 2.68. The number of amides is 1. The molecule has 1 N–H and O–H groups in total. The molecular formula is C18H20F2N4O. The van der Waals surface area contributed by atoms with E-state index in [1.807, 2.05) is 0 Å². The number of carbonyl (C=O) groups is 1. The van der Waals surface area contributed by atoms with E-state index in [1.54, 1.807) is 18.3 Å². The van der Waals surface area contributed by atoms with Gasteiger partial charge in [-0.05, 0) is 36.9 Å². The lowest BCUT2D eigenvalue weighted by molar-refractivity contribution is 0.0950. The van der Waals surface area contributed by atoms with Crippen LogP contribution < -0.4 is 10.2 Å². The van der Waals surface area contributed by atoms with Gasteiger partial charge in [-0.25, -0.2) is 13.8 Å². The molecule has 0 saturated carbocycles. The Morgan fingerprint density at radius 1 is 1.12 bits per heavy atom. The summed E-state index contributed by atoms with van der Waals surface area (Å²) >= 11 is 0. The molecular weight excluding hydrogens is 326 g/mol. The Labute approximate surface area is 145 Å².